The molecule has 1 N–H and O–H groups in total. The topological polar surface area (TPSA) is 63.6 Å². The molecule has 1 aliphatic heterocycles. The summed E-state index contributed by atoms with van der Waals surface area (Å²) in [6, 6.07) is 0. The zero-order chi connectivity index (χ0) is 9.57. The molecule has 1 rings (SSSR count). The molecule has 1 atom stereocenters. The number of carbonyl (C=O) groups excluding carboxylic acids is 2. The minimum Gasteiger partial charge on any atom is -0.426 e. The molecule has 4 heteroatoms. The van der Waals surface area contributed by atoms with Crippen LogP contribution in [0.2, 0.25) is 0 Å². The second-order valence-corrected chi connectivity index (χ2v) is 4.02. The number of cyclic esters (lactones) is 1. The van der Waals surface area contributed by atoms with Gasteiger partial charge in [0.2, 0.25) is 11.6 Å². The molecule has 0 aromatic carbocycles. The second kappa shape index (κ2) is 2.29. The molecule has 68 valence electrons. The van der Waals surface area contributed by atoms with Crippen molar-refractivity contribution in [1.29, 1.82) is 0 Å². The number of hydrogen-bond donors (Lipinski definition) is 1. The quantitative estimate of drug-likeness (QED) is 0.420. The summed E-state index contributed by atoms with van der Waals surface area (Å²) in [5, 5.41) is 9.70. The molecule has 0 spiro atoms. The molecule has 1 heterocycles. The van der Waals surface area contributed by atoms with Gasteiger partial charge in [0, 0.05) is 5.41 Å². The number of hydrogen-bond acceptors (Lipinski definition) is 4. The van der Waals surface area contributed by atoms with Crippen LogP contribution in [0.25, 0.3) is 0 Å². The fourth-order valence-corrected chi connectivity index (χ4v) is 0.954. The van der Waals surface area contributed by atoms with Crippen molar-refractivity contribution in [2.45, 2.75) is 33.0 Å². The highest BCUT2D eigenvalue weighted by Crippen LogP contribution is 2.38. The fraction of sp³-hybridized carbons (Fsp3) is 0.750. The van der Waals surface area contributed by atoms with Gasteiger partial charge in [-0.25, -0.2) is 4.79 Å². The summed E-state index contributed by atoms with van der Waals surface area (Å²) in [7, 11) is 0. The van der Waals surface area contributed by atoms with E-state index in [9.17, 15) is 14.7 Å². The van der Waals surface area contributed by atoms with Crippen LogP contribution in [0.1, 0.15) is 27.2 Å². The molecule has 0 aromatic rings. The molecule has 1 saturated heterocycles. The van der Waals surface area contributed by atoms with E-state index in [1.807, 2.05) is 0 Å². The number of ether oxygens (including phenoxy) is 1. The van der Waals surface area contributed by atoms with Gasteiger partial charge in [-0.15, -0.1) is 0 Å². The lowest BCUT2D eigenvalue weighted by atomic mass is 9.84. The Morgan fingerprint density at radius 1 is 1.42 bits per heavy atom. The summed E-state index contributed by atoms with van der Waals surface area (Å²) in [5.74, 6) is -3.22. The van der Waals surface area contributed by atoms with E-state index in [-0.39, 0.29) is 6.42 Å². The molecule has 0 amide bonds. The van der Waals surface area contributed by atoms with E-state index >= 15 is 0 Å². The standard InChI is InChI=1S/C8H12O4/c1-7(2,3)8(11)4-5(9)6(10)12-8/h11H,4H2,1-3H3. The van der Waals surface area contributed by atoms with Gasteiger partial charge in [-0.05, 0) is 0 Å². The van der Waals surface area contributed by atoms with Crippen LogP contribution >= 0.6 is 0 Å². The first-order chi connectivity index (χ1) is 5.26. The van der Waals surface area contributed by atoms with E-state index in [2.05, 4.69) is 4.74 Å². The molecule has 0 aliphatic carbocycles. The minimum atomic E-state index is -1.62. The third-order valence-electron chi connectivity index (χ3n) is 2.06. The first-order valence-corrected chi connectivity index (χ1v) is 3.75. The summed E-state index contributed by atoms with van der Waals surface area (Å²) < 4.78 is 4.59. The number of esters is 1. The zero-order valence-electron chi connectivity index (χ0n) is 7.38. The summed E-state index contributed by atoms with van der Waals surface area (Å²) in [6.07, 6.45) is -0.241. The maximum atomic E-state index is 10.8. The normalized spacial score (nSPS) is 30.7. The van der Waals surface area contributed by atoms with E-state index in [1.165, 1.54) is 0 Å². The van der Waals surface area contributed by atoms with Crippen LogP contribution in [0.3, 0.4) is 0 Å². The summed E-state index contributed by atoms with van der Waals surface area (Å²) in [6.45, 7) is 5.12. The maximum Gasteiger partial charge on any atom is 0.377 e. The Balaban J connectivity index is 2.91. The van der Waals surface area contributed by atoms with Gasteiger partial charge in [-0.2, -0.15) is 0 Å². The van der Waals surface area contributed by atoms with E-state index in [4.69, 9.17) is 0 Å². The van der Waals surface area contributed by atoms with Crippen molar-refractivity contribution in [3.63, 3.8) is 0 Å². The van der Waals surface area contributed by atoms with Gasteiger partial charge in [0.1, 0.15) is 0 Å². The van der Waals surface area contributed by atoms with E-state index in [0.717, 1.165) is 0 Å². The lowest BCUT2D eigenvalue weighted by Gasteiger charge is -2.33. The van der Waals surface area contributed by atoms with Gasteiger partial charge in [0.15, 0.2) is 0 Å². The highest BCUT2D eigenvalue weighted by Gasteiger charge is 2.52. The van der Waals surface area contributed by atoms with Gasteiger partial charge in [-0.3, -0.25) is 4.79 Å². The first kappa shape index (κ1) is 9.19. The van der Waals surface area contributed by atoms with Crippen molar-refractivity contribution in [3.05, 3.63) is 0 Å². The van der Waals surface area contributed by atoms with Crippen LogP contribution in [-0.4, -0.2) is 22.6 Å². The van der Waals surface area contributed by atoms with Crippen molar-refractivity contribution in [3.8, 4) is 0 Å². The SMILES string of the molecule is CC(C)(C)C1(O)CC(=O)C(=O)O1. The molecule has 4 nitrogen and oxygen atoms in total. The average Bonchev–Trinajstić information content (AvgIpc) is 2.06. The number of Topliss-reactive ketones (excluding diaryl/α,β-unsaturated/α-hetero) is 1. The molecule has 12 heavy (non-hydrogen) atoms. The predicted molar refractivity (Wildman–Crippen MR) is 40.1 cm³/mol. The van der Waals surface area contributed by atoms with Crippen molar-refractivity contribution >= 4 is 11.8 Å². The van der Waals surface area contributed by atoms with E-state index < -0.39 is 23.0 Å². The molecule has 0 bridgehead atoms. The molecule has 1 fully saturated rings. The lowest BCUT2D eigenvalue weighted by Crippen LogP contribution is -2.42. The second-order valence-electron chi connectivity index (χ2n) is 4.02. The van der Waals surface area contributed by atoms with Crippen molar-refractivity contribution in [1.82, 2.24) is 0 Å². The lowest BCUT2D eigenvalue weighted by molar-refractivity contribution is -0.229. The summed E-state index contributed by atoms with van der Waals surface area (Å²) in [4.78, 5) is 21.5. The fourth-order valence-electron chi connectivity index (χ4n) is 0.954. The van der Waals surface area contributed by atoms with Crippen LogP contribution in [0.5, 0.6) is 0 Å². The predicted octanol–water partition coefficient (Wildman–Crippen LogP) is 0.237. The Hall–Kier alpha value is -0.900. The average molecular weight is 172 g/mol. The Labute approximate surface area is 70.5 Å². The molecular formula is C8H12O4. The van der Waals surface area contributed by atoms with Crippen LogP contribution in [-0.2, 0) is 14.3 Å². The zero-order valence-corrected chi connectivity index (χ0v) is 7.38. The molecule has 0 saturated carbocycles. The Kier molecular flexibility index (Phi) is 1.76. The van der Waals surface area contributed by atoms with Crippen molar-refractivity contribution < 1.29 is 19.4 Å². The summed E-state index contributed by atoms with van der Waals surface area (Å²) >= 11 is 0. The van der Waals surface area contributed by atoms with Gasteiger partial charge in [-0.1, -0.05) is 20.8 Å². The highest BCUT2D eigenvalue weighted by molar-refractivity contribution is 6.35. The number of rotatable bonds is 0. The van der Waals surface area contributed by atoms with Gasteiger partial charge >= 0.3 is 5.97 Å². The first-order valence-electron chi connectivity index (χ1n) is 3.75. The number of carbonyl (C=O) groups is 2. The largest absolute Gasteiger partial charge is 0.426 e. The monoisotopic (exact) mass is 172 g/mol. The highest BCUT2D eigenvalue weighted by atomic mass is 16.7. The smallest absolute Gasteiger partial charge is 0.377 e. The molecule has 0 aromatic heterocycles. The third-order valence-corrected chi connectivity index (χ3v) is 2.06. The Morgan fingerprint density at radius 2 is 1.92 bits per heavy atom. The molecule has 1 unspecified atom stereocenters. The minimum absolute atomic E-state index is 0.241. The third kappa shape index (κ3) is 1.22. The summed E-state index contributed by atoms with van der Waals surface area (Å²) in [5.41, 5.74) is -0.630. The van der Waals surface area contributed by atoms with Crippen molar-refractivity contribution in [2.24, 2.45) is 5.41 Å². The van der Waals surface area contributed by atoms with E-state index in [0.29, 0.717) is 0 Å². The number of aliphatic hydroxyl groups is 1. The van der Waals surface area contributed by atoms with Crippen LogP contribution < -0.4 is 0 Å². The molecule has 0 radical (unpaired) electrons. The Bertz CT molecular complexity index is 220. The van der Waals surface area contributed by atoms with Gasteiger partial charge in [0.25, 0.3) is 0 Å². The van der Waals surface area contributed by atoms with Gasteiger partial charge < -0.3 is 9.84 Å². The van der Waals surface area contributed by atoms with Crippen molar-refractivity contribution in [2.75, 3.05) is 0 Å². The van der Waals surface area contributed by atoms with Crippen LogP contribution in [0.15, 0.2) is 0 Å². The molecule has 1 aliphatic rings. The van der Waals surface area contributed by atoms with Crippen LogP contribution in [0, 0.1) is 5.41 Å². The maximum absolute atomic E-state index is 10.8. The van der Waals surface area contributed by atoms with Crippen LogP contribution in [0.4, 0.5) is 0 Å². The van der Waals surface area contributed by atoms with E-state index in [1.54, 1.807) is 20.8 Å². The number of ketones is 1. The molecular weight excluding hydrogens is 160 g/mol. The van der Waals surface area contributed by atoms with Gasteiger partial charge in [0.05, 0.1) is 6.42 Å². The Morgan fingerprint density at radius 3 is 2.08 bits per heavy atom.